The molecule has 1 aliphatic rings. The van der Waals surface area contributed by atoms with Gasteiger partial charge in [-0.25, -0.2) is 0 Å². The molecule has 0 radical (unpaired) electrons. The van der Waals surface area contributed by atoms with E-state index in [2.05, 4.69) is 5.32 Å². The first-order valence-electron chi connectivity index (χ1n) is 8.65. The number of likely N-dealkylation sites (tertiary alicyclic amines) is 1. The number of ether oxygens (including phenoxy) is 1. The average Bonchev–Trinajstić information content (AvgIpc) is 2.54. The zero-order chi connectivity index (χ0) is 17.7. The van der Waals surface area contributed by atoms with Crippen LogP contribution in [-0.4, -0.2) is 42.5 Å². The molecule has 1 N–H and O–H groups in total. The number of rotatable bonds is 5. The zero-order valence-corrected chi connectivity index (χ0v) is 15.1. The molecule has 0 aromatic heterocycles. The number of carbonyl (C=O) groups is 2. The summed E-state index contributed by atoms with van der Waals surface area (Å²) in [6, 6.07) is 6.03. The summed E-state index contributed by atoms with van der Waals surface area (Å²) in [6.45, 7) is 9.28. The van der Waals surface area contributed by atoms with Crippen LogP contribution in [0.1, 0.15) is 37.8 Å². The Morgan fingerprint density at radius 1 is 1.25 bits per heavy atom. The van der Waals surface area contributed by atoms with E-state index in [1.807, 2.05) is 50.8 Å². The van der Waals surface area contributed by atoms with Gasteiger partial charge in [-0.2, -0.15) is 0 Å². The van der Waals surface area contributed by atoms with Crippen LogP contribution in [0.15, 0.2) is 18.2 Å². The van der Waals surface area contributed by atoms with Crippen molar-refractivity contribution in [2.75, 3.05) is 19.7 Å². The van der Waals surface area contributed by atoms with Gasteiger partial charge in [-0.1, -0.05) is 31.5 Å². The fraction of sp³-hybridized carbons (Fsp3) is 0.579. The Morgan fingerprint density at radius 2 is 1.92 bits per heavy atom. The Hall–Kier alpha value is -2.04. The molecule has 24 heavy (non-hydrogen) atoms. The van der Waals surface area contributed by atoms with Gasteiger partial charge in [0.25, 0.3) is 5.91 Å². The predicted octanol–water partition coefficient (Wildman–Crippen LogP) is 2.45. The number of benzene rings is 1. The molecule has 1 aromatic carbocycles. The van der Waals surface area contributed by atoms with Gasteiger partial charge in [0.15, 0.2) is 6.61 Å². The summed E-state index contributed by atoms with van der Waals surface area (Å²) in [7, 11) is 0. The molecule has 2 rings (SSSR count). The maximum atomic E-state index is 12.1. The third-order valence-electron chi connectivity index (χ3n) is 4.35. The topological polar surface area (TPSA) is 58.6 Å². The van der Waals surface area contributed by atoms with E-state index in [9.17, 15) is 9.59 Å². The zero-order valence-electron chi connectivity index (χ0n) is 15.1. The molecule has 1 aromatic rings. The van der Waals surface area contributed by atoms with E-state index in [-0.39, 0.29) is 30.4 Å². The predicted molar refractivity (Wildman–Crippen MR) is 94.0 cm³/mol. The van der Waals surface area contributed by atoms with Gasteiger partial charge in [0, 0.05) is 25.0 Å². The Balaban J connectivity index is 1.75. The quantitative estimate of drug-likeness (QED) is 0.901. The highest BCUT2D eigenvalue weighted by atomic mass is 16.5. The van der Waals surface area contributed by atoms with E-state index in [1.165, 1.54) is 5.56 Å². The lowest BCUT2D eigenvalue weighted by molar-refractivity contribution is -0.135. The van der Waals surface area contributed by atoms with Gasteiger partial charge in [0.2, 0.25) is 5.91 Å². The molecule has 1 fully saturated rings. The van der Waals surface area contributed by atoms with Gasteiger partial charge in [0.05, 0.1) is 0 Å². The van der Waals surface area contributed by atoms with Crippen molar-refractivity contribution in [3.8, 4) is 5.75 Å². The summed E-state index contributed by atoms with van der Waals surface area (Å²) < 4.78 is 5.61. The Morgan fingerprint density at radius 3 is 2.50 bits per heavy atom. The van der Waals surface area contributed by atoms with Gasteiger partial charge in [-0.3, -0.25) is 9.59 Å². The molecule has 0 unspecified atom stereocenters. The summed E-state index contributed by atoms with van der Waals surface area (Å²) in [5.41, 5.74) is 2.20. The van der Waals surface area contributed by atoms with E-state index in [1.54, 1.807) is 0 Å². The number of carbonyl (C=O) groups excluding carboxylic acids is 2. The first-order chi connectivity index (χ1) is 11.4. The first kappa shape index (κ1) is 18.3. The van der Waals surface area contributed by atoms with Crippen LogP contribution in [0, 0.1) is 19.8 Å². The second kappa shape index (κ2) is 8.18. The molecule has 0 spiro atoms. The minimum absolute atomic E-state index is 0.0229. The largest absolute Gasteiger partial charge is 0.484 e. The van der Waals surface area contributed by atoms with E-state index < -0.39 is 0 Å². The van der Waals surface area contributed by atoms with Crippen molar-refractivity contribution in [3.63, 3.8) is 0 Å². The maximum absolute atomic E-state index is 12.1. The molecule has 2 amide bonds. The number of nitrogens with one attached hydrogen (secondary N) is 1. The second-order valence-corrected chi connectivity index (χ2v) is 6.88. The van der Waals surface area contributed by atoms with Crippen LogP contribution in [-0.2, 0) is 9.59 Å². The van der Waals surface area contributed by atoms with Crippen LogP contribution in [0.4, 0.5) is 0 Å². The molecule has 1 heterocycles. The molecule has 0 atom stereocenters. The van der Waals surface area contributed by atoms with E-state index in [4.69, 9.17) is 4.74 Å². The smallest absolute Gasteiger partial charge is 0.258 e. The number of nitrogens with zero attached hydrogens (tertiary/aromatic N) is 1. The van der Waals surface area contributed by atoms with Crippen LogP contribution < -0.4 is 10.1 Å². The lowest BCUT2D eigenvalue weighted by Crippen LogP contribution is -2.48. The summed E-state index contributed by atoms with van der Waals surface area (Å²) in [4.78, 5) is 25.9. The highest BCUT2D eigenvalue weighted by Crippen LogP contribution is 2.18. The molecular formula is C19H28N2O3. The van der Waals surface area contributed by atoms with Crippen LogP contribution >= 0.6 is 0 Å². The molecule has 5 heteroatoms. The second-order valence-electron chi connectivity index (χ2n) is 6.88. The third-order valence-corrected chi connectivity index (χ3v) is 4.35. The van der Waals surface area contributed by atoms with Crippen molar-refractivity contribution in [2.45, 2.75) is 46.6 Å². The number of piperidine rings is 1. The van der Waals surface area contributed by atoms with Crippen molar-refractivity contribution in [2.24, 2.45) is 5.92 Å². The molecule has 132 valence electrons. The van der Waals surface area contributed by atoms with Crippen molar-refractivity contribution in [1.82, 2.24) is 10.2 Å². The summed E-state index contributed by atoms with van der Waals surface area (Å²) in [6.07, 6.45) is 1.60. The Bertz CT molecular complexity index is 590. The lowest BCUT2D eigenvalue weighted by atomic mass is 10.0. The summed E-state index contributed by atoms with van der Waals surface area (Å²) in [5.74, 6) is 0.858. The highest BCUT2D eigenvalue weighted by Gasteiger charge is 2.25. The van der Waals surface area contributed by atoms with Crippen LogP contribution in [0.5, 0.6) is 5.75 Å². The Kier molecular flexibility index (Phi) is 6.23. The minimum Gasteiger partial charge on any atom is -0.484 e. The third kappa shape index (κ3) is 4.98. The molecule has 5 nitrogen and oxygen atoms in total. The van der Waals surface area contributed by atoms with E-state index >= 15 is 0 Å². The molecule has 0 saturated carbocycles. The maximum Gasteiger partial charge on any atom is 0.258 e. The number of aryl methyl sites for hydroxylation is 2. The molecule has 1 saturated heterocycles. The van der Waals surface area contributed by atoms with Crippen LogP contribution in [0.2, 0.25) is 0 Å². The number of hydrogen-bond donors (Lipinski definition) is 1. The highest BCUT2D eigenvalue weighted by molar-refractivity contribution is 5.79. The molecular weight excluding hydrogens is 304 g/mol. The molecule has 1 aliphatic heterocycles. The molecule has 0 aliphatic carbocycles. The lowest BCUT2D eigenvalue weighted by Gasteiger charge is -2.33. The number of amides is 2. The van der Waals surface area contributed by atoms with Crippen molar-refractivity contribution < 1.29 is 14.3 Å². The van der Waals surface area contributed by atoms with Gasteiger partial charge in [-0.15, -0.1) is 0 Å². The Labute approximate surface area is 144 Å². The van der Waals surface area contributed by atoms with Gasteiger partial charge < -0.3 is 15.0 Å². The fourth-order valence-electron chi connectivity index (χ4n) is 2.98. The number of hydrogen-bond acceptors (Lipinski definition) is 3. The van der Waals surface area contributed by atoms with Crippen molar-refractivity contribution in [1.29, 1.82) is 0 Å². The fourth-order valence-corrected chi connectivity index (χ4v) is 2.98. The van der Waals surface area contributed by atoms with Gasteiger partial charge in [-0.05, 0) is 38.3 Å². The van der Waals surface area contributed by atoms with E-state index in [0.29, 0.717) is 13.1 Å². The van der Waals surface area contributed by atoms with Crippen LogP contribution in [0.25, 0.3) is 0 Å². The van der Waals surface area contributed by atoms with Crippen molar-refractivity contribution in [3.05, 3.63) is 29.3 Å². The monoisotopic (exact) mass is 332 g/mol. The molecule has 0 bridgehead atoms. The van der Waals surface area contributed by atoms with Crippen LogP contribution in [0.3, 0.4) is 0 Å². The first-order valence-corrected chi connectivity index (χ1v) is 8.65. The van der Waals surface area contributed by atoms with Gasteiger partial charge in [0.1, 0.15) is 5.75 Å². The minimum atomic E-state index is -0.108. The standard InChI is InChI=1S/C19H28N2O3/c1-13(2)19(23)21-9-7-16(8-10-21)20-18(22)12-24-17-6-5-14(3)11-15(17)4/h5-6,11,13,16H,7-10,12H2,1-4H3,(H,20,22). The normalized spacial score (nSPS) is 15.5. The average molecular weight is 332 g/mol. The van der Waals surface area contributed by atoms with Crippen molar-refractivity contribution >= 4 is 11.8 Å². The SMILES string of the molecule is Cc1ccc(OCC(=O)NC2CCN(C(=O)C(C)C)CC2)c(C)c1. The summed E-state index contributed by atoms with van der Waals surface area (Å²) >= 11 is 0. The summed E-state index contributed by atoms with van der Waals surface area (Å²) in [5, 5.41) is 3.01. The van der Waals surface area contributed by atoms with E-state index in [0.717, 1.165) is 24.2 Å². The van der Waals surface area contributed by atoms with Gasteiger partial charge >= 0.3 is 0 Å².